The lowest BCUT2D eigenvalue weighted by atomic mass is 10.1. The fourth-order valence-electron chi connectivity index (χ4n) is 2.38. The summed E-state index contributed by atoms with van der Waals surface area (Å²) in [5, 5.41) is 10.8. The Morgan fingerprint density at radius 2 is 2.05 bits per heavy atom. The zero-order chi connectivity index (χ0) is 14.7. The first-order valence-electron chi connectivity index (χ1n) is 7.06. The summed E-state index contributed by atoms with van der Waals surface area (Å²) >= 11 is 0. The zero-order valence-electron chi connectivity index (χ0n) is 12.4. The third-order valence-electron chi connectivity index (χ3n) is 3.47. The maximum atomic E-state index is 11.3. The number of anilines is 2. The normalized spacial score (nSPS) is 15.6. The van der Waals surface area contributed by atoms with Crippen molar-refractivity contribution in [2.45, 2.75) is 39.7 Å². The van der Waals surface area contributed by atoms with E-state index in [-0.39, 0.29) is 6.04 Å². The number of nitrogens with one attached hydrogen (secondary N) is 2. The Bertz CT molecular complexity index is 515. The van der Waals surface area contributed by atoms with E-state index in [0.717, 1.165) is 35.9 Å². The van der Waals surface area contributed by atoms with Gasteiger partial charge in [0.1, 0.15) is 17.4 Å². The molecule has 2 heterocycles. The van der Waals surface area contributed by atoms with Crippen LogP contribution in [0.25, 0.3) is 0 Å². The minimum atomic E-state index is 0.263. The van der Waals surface area contributed by atoms with Gasteiger partial charge in [-0.1, -0.05) is 0 Å². The fourth-order valence-corrected chi connectivity index (χ4v) is 2.38. The van der Waals surface area contributed by atoms with Gasteiger partial charge in [0.2, 0.25) is 0 Å². The smallest absolute Gasteiger partial charge is 0.137 e. The molecule has 0 radical (unpaired) electrons. The Hall–Kier alpha value is -1.91. The topological polar surface area (TPSA) is 69.1 Å². The fraction of sp³-hybridized carbons (Fsp3) is 0.533. The van der Waals surface area contributed by atoms with Gasteiger partial charge in [-0.2, -0.15) is 0 Å². The van der Waals surface area contributed by atoms with Gasteiger partial charge in [0.05, 0.1) is 0 Å². The van der Waals surface area contributed by atoms with Crippen LogP contribution in [0.2, 0.25) is 0 Å². The molecule has 1 aliphatic rings. The average molecular weight is 274 g/mol. The van der Waals surface area contributed by atoms with Gasteiger partial charge >= 0.3 is 0 Å². The summed E-state index contributed by atoms with van der Waals surface area (Å²) in [6.45, 7) is 7.56. The SMILES string of the molecule is Cc1cc(N2CCC(=O)CC2)nc(NC(C)C)c1C=N. The molecule has 5 nitrogen and oxygen atoms in total. The number of nitrogens with zero attached hydrogens (tertiary/aromatic N) is 2. The molecule has 0 atom stereocenters. The van der Waals surface area contributed by atoms with Crippen LogP contribution in [0.15, 0.2) is 6.07 Å². The Morgan fingerprint density at radius 1 is 1.40 bits per heavy atom. The van der Waals surface area contributed by atoms with Gasteiger partial charge in [-0.15, -0.1) is 0 Å². The molecule has 0 bridgehead atoms. The average Bonchev–Trinajstić information content (AvgIpc) is 2.38. The number of carbonyl (C=O) groups excluding carboxylic acids is 1. The van der Waals surface area contributed by atoms with Crippen molar-refractivity contribution >= 4 is 23.6 Å². The molecule has 20 heavy (non-hydrogen) atoms. The lowest BCUT2D eigenvalue weighted by molar-refractivity contribution is -0.119. The van der Waals surface area contributed by atoms with E-state index in [9.17, 15) is 4.79 Å². The van der Waals surface area contributed by atoms with Gasteiger partial charge < -0.3 is 15.6 Å². The Kier molecular flexibility index (Phi) is 4.37. The van der Waals surface area contributed by atoms with Crippen molar-refractivity contribution in [1.29, 1.82) is 5.41 Å². The monoisotopic (exact) mass is 274 g/mol. The molecule has 1 aliphatic heterocycles. The first-order valence-corrected chi connectivity index (χ1v) is 7.06. The highest BCUT2D eigenvalue weighted by Gasteiger charge is 2.19. The van der Waals surface area contributed by atoms with Crippen molar-refractivity contribution in [3.8, 4) is 0 Å². The quantitative estimate of drug-likeness (QED) is 0.827. The Morgan fingerprint density at radius 3 is 2.60 bits per heavy atom. The second kappa shape index (κ2) is 6.03. The lowest BCUT2D eigenvalue weighted by Crippen LogP contribution is -2.34. The summed E-state index contributed by atoms with van der Waals surface area (Å²) in [6.07, 6.45) is 2.54. The van der Waals surface area contributed by atoms with Crippen LogP contribution in [0.5, 0.6) is 0 Å². The molecule has 1 aromatic heterocycles. The summed E-state index contributed by atoms with van der Waals surface area (Å²) < 4.78 is 0. The third-order valence-corrected chi connectivity index (χ3v) is 3.47. The van der Waals surface area contributed by atoms with Gasteiger partial charge in [-0.25, -0.2) is 4.98 Å². The Labute approximate surface area is 119 Å². The van der Waals surface area contributed by atoms with Crippen LogP contribution in [-0.2, 0) is 4.79 Å². The maximum absolute atomic E-state index is 11.3. The van der Waals surface area contributed by atoms with Crippen LogP contribution < -0.4 is 10.2 Å². The molecule has 108 valence electrons. The summed E-state index contributed by atoms with van der Waals surface area (Å²) in [6, 6.07) is 2.26. The van der Waals surface area contributed by atoms with Crippen LogP contribution in [0.1, 0.15) is 37.8 Å². The molecule has 2 rings (SSSR count). The minimum absolute atomic E-state index is 0.263. The second-order valence-electron chi connectivity index (χ2n) is 5.53. The predicted octanol–water partition coefficient (Wildman–Crippen LogP) is 2.38. The van der Waals surface area contributed by atoms with Gasteiger partial charge in [0.25, 0.3) is 0 Å². The predicted molar refractivity (Wildman–Crippen MR) is 82.1 cm³/mol. The van der Waals surface area contributed by atoms with Crippen molar-refractivity contribution in [2.24, 2.45) is 0 Å². The van der Waals surface area contributed by atoms with Crippen molar-refractivity contribution < 1.29 is 4.79 Å². The number of ketones is 1. The van der Waals surface area contributed by atoms with E-state index >= 15 is 0 Å². The molecule has 0 unspecified atom stereocenters. The largest absolute Gasteiger partial charge is 0.367 e. The molecule has 0 aromatic carbocycles. The number of aryl methyl sites for hydroxylation is 1. The highest BCUT2D eigenvalue weighted by Crippen LogP contribution is 2.24. The van der Waals surface area contributed by atoms with E-state index in [2.05, 4.69) is 29.0 Å². The highest BCUT2D eigenvalue weighted by atomic mass is 16.1. The molecule has 0 saturated carbocycles. The summed E-state index contributed by atoms with van der Waals surface area (Å²) in [4.78, 5) is 18.1. The molecule has 5 heteroatoms. The molecule has 0 spiro atoms. The van der Waals surface area contributed by atoms with Crippen LogP contribution in [0.3, 0.4) is 0 Å². The molecule has 2 N–H and O–H groups in total. The van der Waals surface area contributed by atoms with Gasteiger partial charge in [-0.05, 0) is 32.4 Å². The zero-order valence-corrected chi connectivity index (χ0v) is 12.4. The van der Waals surface area contributed by atoms with E-state index in [1.54, 1.807) is 0 Å². The first kappa shape index (κ1) is 14.5. The number of pyridine rings is 1. The van der Waals surface area contributed by atoms with Crippen LogP contribution in [-0.4, -0.2) is 36.1 Å². The number of hydrogen-bond acceptors (Lipinski definition) is 5. The Balaban J connectivity index is 2.32. The van der Waals surface area contributed by atoms with E-state index in [4.69, 9.17) is 5.41 Å². The number of hydrogen-bond donors (Lipinski definition) is 2. The minimum Gasteiger partial charge on any atom is -0.367 e. The standard InChI is InChI=1S/C15H22N4O/c1-10(2)17-15-13(9-16)11(3)8-14(18-15)19-6-4-12(20)5-7-19/h8-10,16H,4-7H2,1-3H3,(H,17,18). The van der Waals surface area contributed by atoms with Crippen molar-refractivity contribution in [2.75, 3.05) is 23.3 Å². The third kappa shape index (κ3) is 3.15. The van der Waals surface area contributed by atoms with Crippen molar-refractivity contribution in [3.05, 3.63) is 17.2 Å². The van der Waals surface area contributed by atoms with E-state index in [0.29, 0.717) is 18.6 Å². The highest BCUT2D eigenvalue weighted by molar-refractivity contribution is 5.87. The molecular formula is C15H22N4O. The summed E-state index contributed by atoms with van der Waals surface area (Å²) in [7, 11) is 0. The molecule has 0 amide bonds. The number of piperidine rings is 1. The second-order valence-corrected chi connectivity index (χ2v) is 5.53. The molecule has 1 fully saturated rings. The first-order chi connectivity index (χ1) is 9.51. The number of rotatable bonds is 4. The maximum Gasteiger partial charge on any atom is 0.137 e. The molecule has 1 saturated heterocycles. The number of Topliss-reactive ketones (excluding diaryl/α,β-unsaturated/α-hetero) is 1. The van der Waals surface area contributed by atoms with E-state index in [1.165, 1.54) is 6.21 Å². The van der Waals surface area contributed by atoms with Crippen LogP contribution in [0.4, 0.5) is 11.6 Å². The molecule has 1 aromatic rings. The van der Waals surface area contributed by atoms with E-state index < -0.39 is 0 Å². The number of aromatic nitrogens is 1. The lowest BCUT2D eigenvalue weighted by Gasteiger charge is -2.28. The summed E-state index contributed by atoms with van der Waals surface area (Å²) in [5.74, 6) is 1.97. The van der Waals surface area contributed by atoms with E-state index in [1.807, 2.05) is 13.0 Å². The van der Waals surface area contributed by atoms with Crippen molar-refractivity contribution in [1.82, 2.24) is 4.98 Å². The van der Waals surface area contributed by atoms with Gasteiger partial charge in [0.15, 0.2) is 0 Å². The van der Waals surface area contributed by atoms with Crippen LogP contribution >= 0.6 is 0 Å². The van der Waals surface area contributed by atoms with Crippen molar-refractivity contribution in [3.63, 3.8) is 0 Å². The number of carbonyl (C=O) groups is 1. The van der Waals surface area contributed by atoms with Gasteiger partial charge in [0, 0.05) is 43.8 Å². The van der Waals surface area contributed by atoms with Gasteiger partial charge in [-0.3, -0.25) is 4.79 Å². The van der Waals surface area contributed by atoms with Crippen LogP contribution in [0, 0.1) is 12.3 Å². The molecule has 0 aliphatic carbocycles. The molecular weight excluding hydrogens is 252 g/mol. The summed E-state index contributed by atoms with van der Waals surface area (Å²) in [5.41, 5.74) is 1.86.